The molecule has 30 heavy (non-hydrogen) atoms. The molecule has 1 amide bonds. The molecule has 1 saturated heterocycles. The van der Waals surface area contributed by atoms with Gasteiger partial charge in [0, 0.05) is 43.5 Å². The highest BCUT2D eigenvalue weighted by Crippen LogP contribution is 2.23. The largest absolute Gasteiger partial charge is 0.354 e. The molecule has 0 aliphatic carbocycles. The van der Waals surface area contributed by atoms with Gasteiger partial charge in [0.1, 0.15) is 5.69 Å². The second-order valence-electron chi connectivity index (χ2n) is 7.24. The van der Waals surface area contributed by atoms with Crippen molar-refractivity contribution in [2.45, 2.75) is 0 Å². The molecule has 1 N–H and O–H groups in total. The van der Waals surface area contributed by atoms with E-state index >= 15 is 0 Å². The average molecular weight is 397 g/mol. The molecule has 4 heterocycles. The molecule has 8 heteroatoms. The zero-order valence-corrected chi connectivity index (χ0v) is 16.1. The van der Waals surface area contributed by atoms with E-state index in [1.165, 1.54) is 6.20 Å². The Kier molecular flexibility index (Phi) is 4.72. The van der Waals surface area contributed by atoms with Gasteiger partial charge in [0.25, 0.3) is 5.91 Å². The van der Waals surface area contributed by atoms with E-state index in [9.17, 15) is 4.79 Å². The predicted octanol–water partition coefficient (Wildman–Crippen LogP) is 2.35. The van der Waals surface area contributed by atoms with Crippen LogP contribution in [0.2, 0.25) is 0 Å². The van der Waals surface area contributed by atoms with Crippen LogP contribution in [0.25, 0.3) is 22.3 Å². The lowest BCUT2D eigenvalue weighted by Crippen LogP contribution is -2.52. The van der Waals surface area contributed by atoms with Crippen molar-refractivity contribution in [3.8, 4) is 11.3 Å². The van der Waals surface area contributed by atoms with Gasteiger partial charge in [-0.05, 0) is 36.4 Å². The maximum absolute atomic E-state index is 12.4. The maximum Gasteiger partial charge on any atom is 0.271 e. The van der Waals surface area contributed by atoms with Crippen LogP contribution in [0.5, 0.6) is 0 Å². The fraction of sp³-hybridized carbons (Fsp3) is 0.182. The van der Waals surface area contributed by atoms with Gasteiger partial charge in [-0.15, -0.1) is 10.2 Å². The van der Waals surface area contributed by atoms with Crippen LogP contribution >= 0.6 is 0 Å². The minimum absolute atomic E-state index is 0.201. The van der Waals surface area contributed by atoms with Crippen molar-refractivity contribution in [3.05, 3.63) is 72.8 Å². The number of pyridine rings is 1. The number of benzene rings is 1. The van der Waals surface area contributed by atoms with Gasteiger partial charge in [0.2, 0.25) is 0 Å². The van der Waals surface area contributed by atoms with Crippen LogP contribution in [-0.2, 0) is 0 Å². The number of nitrogens with zero attached hydrogens (tertiary/aromatic N) is 6. The van der Waals surface area contributed by atoms with E-state index < -0.39 is 0 Å². The Bertz CT molecular complexity index is 1170. The van der Waals surface area contributed by atoms with Gasteiger partial charge in [-0.1, -0.05) is 12.1 Å². The summed E-state index contributed by atoms with van der Waals surface area (Å²) < 4.78 is 0. The number of amides is 1. The molecule has 5 rings (SSSR count). The third-order valence-electron chi connectivity index (χ3n) is 5.14. The number of nitrogens with one attached hydrogen (secondary N) is 1. The van der Waals surface area contributed by atoms with Crippen molar-refractivity contribution >= 4 is 22.8 Å². The molecule has 1 aromatic carbocycles. The van der Waals surface area contributed by atoms with E-state index in [2.05, 4.69) is 35.4 Å². The number of anilines is 1. The summed E-state index contributed by atoms with van der Waals surface area (Å²) >= 11 is 0. The molecular formula is C22H19N7O. The van der Waals surface area contributed by atoms with E-state index in [-0.39, 0.29) is 5.91 Å². The number of fused-ring (bicyclic) bond motifs is 1. The average Bonchev–Trinajstić information content (AvgIpc) is 2.78. The molecule has 4 aromatic rings. The van der Waals surface area contributed by atoms with Gasteiger partial charge in [-0.25, -0.2) is 4.98 Å². The minimum Gasteiger partial charge on any atom is -0.354 e. The molecule has 0 unspecified atom stereocenters. The second-order valence-corrected chi connectivity index (χ2v) is 7.24. The van der Waals surface area contributed by atoms with Crippen LogP contribution in [0.3, 0.4) is 0 Å². The minimum atomic E-state index is -0.201. The van der Waals surface area contributed by atoms with Crippen molar-refractivity contribution in [2.75, 3.05) is 24.5 Å². The number of carbonyl (C=O) groups is 1. The zero-order valence-electron chi connectivity index (χ0n) is 16.1. The van der Waals surface area contributed by atoms with Crippen molar-refractivity contribution in [2.24, 2.45) is 5.92 Å². The molecule has 148 valence electrons. The van der Waals surface area contributed by atoms with Crippen LogP contribution < -0.4 is 10.2 Å². The van der Waals surface area contributed by atoms with Crippen LogP contribution in [-0.4, -0.2) is 50.7 Å². The molecule has 3 aromatic heterocycles. The molecule has 0 spiro atoms. The number of carbonyl (C=O) groups excluding carboxylic acids is 1. The first-order valence-corrected chi connectivity index (χ1v) is 9.75. The number of rotatable bonds is 5. The zero-order chi connectivity index (χ0) is 20.3. The van der Waals surface area contributed by atoms with Gasteiger partial charge < -0.3 is 10.2 Å². The third-order valence-corrected chi connectivity index (χ3v) is 5.14. The van der Waals surface area contributed by atoms with E-state index in [0.29, 0.717) is 23.7 Å². The van der Waals surface area contributed by atoms with Crippen molar-refractivity contribution in [3.63, 3.8) is 0 Å². The molecule has 8 nitrogen and oxygen atoms in total. The summed E-state index contributed by atoms with van der Waals surface area (Å²) in [6.07, 6.45) is 5.00. The first-order valence-electron chi connectivity index (χ1n) is 9.75. The Morgan fingerprint density at radius 3 is 2.57 bits per heavy atom. The van der Waals surface area contributed by atoms with Gasteiger partial charge in [0.05, 0.1) is 22.9 Å². The van der Waals surface area contributed by atoms with E-state index in [4.69, 9.17) is 0 Å². The Labute approximate surface area is 173 Å². The highest BCUT2D eigenvalue weighted by Gasteiger charge is 2.28. The molecule has 0 radical (unpaired) electrons. The fourth-order valence-electron chi connectivity index (χ4n) is 3.45. The first kappa shape index (κ1) is 18.1. The molecule has 0 saturated carbocycles. The molecular weight excluding hydrogens is 378 g/mol. The Hall–Kier alpha value is -3.94. The number of hydrogen-bond donors (Lipinski definition) is 1. The summed E-state index contributed by atoms with van der Waals surface area (Å²) in [4.78, 5) is 27.2. The van der Waals surface area contributed by atoms with Gasteiger partial charge in [0.15, 0.2) is 5.82 Å². The molecule has 0 atom stereocenters. The Morgan fingerprint density at radius 1 is 1.00 bits per heavy atom. The lowest BCUT2D eigenvalue weighted by Gasteiger charge is -2.39. The fourth-order valence-corrected chi connectivity index (χ4v) is 3.45. The van der Waals surface area contributed by atoms with Crippen LogP contribution in [0, 0.1) is 5.92 Å². The van der Waals surface area contributed by atoms with Crippen molar-refractivity contribution < 1.29 is 4.79 Å². The molecule has 1 aliphatic heterocycles. The first-order chi connectivity index (χ1) is 14.8. The maximum atomic E-state index is 12.4. The van der Waals surface area contributed by atoms with Crippen molar-refractivity contribution in [1.29, 1.82) is 0 Å². The summed E-state index contributed by atoms with van der Waals surface area (Å²) in [5.41, 5.74) is 3.64. The molecule has 1 aliphatic rings. The number of aromatic nitrogens is 5. The summed E-state index contributed by atoms with van der Waals surface area (Å²) in [6, 6.07) is 15.3. The summed E-state index contributed by atoms with van der Waals surface area (Å²) in [5, 5.41) is 11.6. The van der Waals surface area contributed by atoms with Gasteiger partial charge in [-0.3, -0.25) is 14.8 Å². The highest BCUT2D eigenvalue weighted by molar-refractivity contribution is 5.93. The molecule has 1 fully saturated rings. The number of para-hydroxylation sites is 2. The topological polar surface area (TPSA) is 96.8 Å². The SMILES string of the molecule is O=C(NCC1CN(c2ccc(-c3ccncc3)nn2)C1)c1cnc2ccccc2n1. The highest BCUT2D eigenvalue weighted by atomic mass is 16.1. The Balaban J connectivity index is 1.14. The van der Waals surface area contributed by atoms with Gasteiger partial charge in [-0.2, -0.15) is 0 Å². The normalized spacial score (nSPS) is 13.8. The van der Waals surface area contributed by atoms with E-state index in [1.807, 2.05) is 48.5 Å². The predicted molar refractivity (Wildman–Crippen MR) is 113 cm³/mol. The molecule has 0 bridgehead atoms. The smallest absolute Gasteiger partial charge is 0.271 e. The summed E-state index contributed by atoms with van der Waals surface area (Å²) in [7, 11) is 0. The monoisotopic (exact) mass is 397 g/mol. The van der Waals surface area contributed by atoms with E-state index in [0.717, 1.165) is 35.7 Å². The van der Waals surface area contributed by atoms with Gasteiger partial charge >= 0.3 is 0 Å². The number of hydrogen-bond acceptors (Lipinski definition) is 7. The lowest BCUT2D eigenvalue weighted by molar-refractivity contribution is 0.0939. The quantitative estimate of drug-likeness (QED) is 0.552. The lowest BCUT2D eigenvalue weighted by atomic mass is 10.00. The second kappa shape index (κ2) is 7.82. The van der Waals surface area contributed by atoms with Crippen molar-refractivity contribution in [1.82, 2.24) is 30.5 Å². The standard InChI is InChI=1S/C22H19N7O/c30-22(20-12-24-18-3-1-2-4-19(18)26-20)25-11-15-13-29(14-15)21-6-5-17(27-28-21)16-7-9-23-10-8-16/h1-10,12,15H,11,13-14H2,(H,25,30). The summed E-state index contributed by atoms with van der Waals surface area (Å²) in [6.45, 7) is 2.24. The van der Waals surface area contributed by atoms with Crippen LogP contribution in [0.1, 0.15) is 10.5 Å². The summed E-state index contributed by atoms with van der Waals surface area (Å²) in [5.74, 6) is 1.01. The Morgan fingerprint density at radius 2 is 1.80 bits per heavy atom. The van der Waals surface area contributed by atoms with Crippen LogP contribution in [0.4, 0.5) is 5.82 Å². The van der Waals surface area contributed by atoms with E-state index in [1.54, 1.807) is 12.4 Å². The van der Waals surface area contributed by atoms with Crippen LogP contribution in [0.15, 0.2) is 67.1 Å². The third kappa shape index (κ3) is 3.67.